The summed E-state index contributed by atoms with van der Waals surface area (Å²) in [5.41, 5.74) is 0.987. The molecule has 0 aliphatic rings. The molecule has 2 rings (SSSR count). The van der Waals surface area contributed by atoms with E-state index >= 15 is 0 Å². The second kappa shape index (κ2) is 4.54. The van der Waals surface area contributed by atoms with Gasteiger partial charge in [0.1, 0.15) is 6.61 Å². The van der Waals surface area contributed by atoms with Crippen molar-refractivity contribution in [2.75, 3.05) is 6.61 Å². The summed E-state index contributed by atoms with van der Waals surface area (Å²) >= 11 is 1.36. The number of thiazole rings is 1. The number of nitro groups is 1. The number of nitrogens with zero attached hydrogens (tertiary/aromatic N) is 3. The molecule has 7 heteroatoms. The van der Waals surface area contributed by atoms with Crippen LogP contribution in [0.3, 0.4) is 0 Å². The molecule has 0 N–H and O–H groups in total. The summed E-state index contributed by atoms with van der Waals surface area (Å²) < 4.78 is 2.67. The van der Waals surface area contributed by atoms with Gasteiger partial charge in [0.05, 0.1) is 15.1 Å². The summed E-state index contributed by atoms with van der Waals surface area (Å²) in [6.45, 7) is 2.34. The van der Waals surface area contributed by atoms with Gasteiger partial charge in [0.25, 0.3) is 5.69 Å². The molecule has 1 aromatic carbocycles. The first-order valence-electron chi connectivity index (χ1n) is 5.03. The second-order valence-corrected chi connectivity index (χ2v) is 4.37. The quantitative estimate of drug-likeness (QED) is 0.620. The molecular weight excluding hydrogens is 242 g/mol. The van der Waals surface area contributed by atoms with Crippen LogP contribution >= 0.6 is 11.3 Å². The van der Waals surface area contributed by atoms with Crippen LogP contribution in [-0.2, 0) is 11.9 Å². The predicted octanol–water partition coefficient (Wildman–Crippen LogP) is 2.00. The van der Waals surface area contributed by atoms with Crippen LogP contribution in [0.1, 0.15) is 6.92 Å². The van der Waals surface area contributed by atoms with Crippen LogP contribution < -0.4 is 4.80 Å². The van der Waals surface area contributed by atoms with Crippen molar-refractivity contribution in [2.24, 2.45) is 12.2 Å². The smallest absolute Gasteiger partial charge is 0.270 e. The summed E-state index contributed by atoms with van der Waals surface area (Å²) in [6.07, 6.45) is 0. The fourth-order valence-corrected chi connectivity index (χ4v) is 2.46. The largest absolute Gasteiger partial charge is 0.394 e. The van der Waals surface area contributed by atoms with E-state index in [1.807, 2.05) is 18.5 Å². The summed E-state index contributed by atoms with van der Waals surface area (Å²) in [5, 5.41) is 14.6. The molecule has 0 amide bonds. The zero-order chi connectivity index (χ0) is 12.4. The molecule has 0 radical (unpaired) electrons. The first-order valence-corrected chi connectivity index (χ1v) is 5.85. The molecule has 1 heterocycles. The fourth-order valence-electron chi connectivity index (χ4n) is 1.44. The van der Waals surface area contributed by atoms with Gasteiger partial charge in [-0.15, -0.1) is 0 Å². The van der Waals surface area contributed by atoms with Gasteiger partial charge in [0.15, 0.2) is 0 Å². The van der Waals surface area contributed by atoms with Gasteiger partial charge in [-0.3, -0.25) is 10.1 Å². The van der Waals surface area contributed by atoms with Crippen LogP contribution in [0.4, 0.5) is 5.69 Å². The summed E-state index contributed by atoms with van der Waals surface area (Å²) in [4.78, 5) is 15.9. The first-order chi connectivity index (χ1) is 8.13. The Morgan fingerprint density at radius 1 is 1.59 bits per heavy atom. The highest BCUT2D eigenvalue weighted by Crippen LogP contribution is 2.22. The number of fused-ring (bicyclic) bond motifs is 1. The molecule has 0 atom stereocenters. The monoisotopic (exact) mass is 253 g/mol. The van der Waals surface area contributed by atoms with Gasteiger partial charge in [-0.1, -0.05) is 16.5 Å². The second-order valence-electron chi connectivity index (χ2n) is 3.36. The first kappa shape index (κ1) is 11.6. The maximum Gasteiger partial charge on any atom is 0.270 e. The van der Waals surface area contributed by atoms with Crippen molar-refractivity contribution in [3.63, 3.8) is 0 Å². The van der Waals surface area contributed by atoms with Crippen LogP contribution in [0.15, 0.2) is 23.4 Å². The average Bonchev–Trinajstić information content (AvgIpc) is 2.63. The molecule has 0 saturated heterocycles. The van der Waals surface area contributed by atoms with Crippen LogP contribution in [-0.4, -0.2) is 16.1 Å². The number of aromatic nitrogens is 1. The molecular formula is C10H11N3O3S. The molecule has 0 aliphatic heterocycles. The minimum Gasteiger partial charge on any atom is -0.394 e. The number of benzene rings is 1. The van der Waals surface area contributed by atoms with Crippen LogP contribution in [0.2, 0.25) is 0 Å². The van der Waals surface area contributed by atoms with Crippen molar-refractivity contribution < 1.29 is 9.76 Å². The third-order valence-corrected chi connectivity index (χ3v) is 3.35. The average molecular weight is 253 g/mol. The van der Waals surface area contributed by atoms with Crippen molar-refractivity contribution in [3.8, 4) is 0 Å². The Kier molecular flexibility index (Phi) is 3.10. The molecule has 1 aromatic heterocycles. The minimum absolute atomic E-state index is 0.0855. The molecule has 6 nitrogen and oxygen atoms in total. The summed E-state index contributed by atoms with van der Waals surface area (Å²) in [5.74, 6) is 0. The minimum atomic E-state index is -0.404. The van der Waals surface area contributed by atoms with Gasteiger partial charge in [-0.25, -0.2) is 0 Å². The van der Waals surface area contributed by atoms with Crippen LogP contribution in [0.25, 0.3) is 10.2 Å². The van der Waals surface area contributed by atoms with E-state index in [1.54, 1.807) is 12.1 Å². The molecule has 90 valence electrons. The van der Waals surface area contributed by atoms with Crippen LogP contribution in [0.5, 0.6) is 0 Å². The Bertz CT molecular complexity index is 629. The highest BCUT2D eigenvalue weighted by atomic mass is 32.1. The number of rotatable bonds is 3. The van der Waals surface area contributed by atoms with E-state index in [1.165, 1.54) is 17.4 Å². The van der Waals surface area contributed by atoms with Crippen molar-refractivity contribution in [3.05, 3.63) is 33.1 Å². The highest BCUT2D eigenvalue weighted by molar-refractivity contribution is 7.16. The predicted molar refractivity (Wildman–Crippen MR) is 64.6 cm³/mol. The van der Waals surface area contributed by atoms with Gasteiger partial charge in [0.2, 0.25) is 4.80 Å². The van der Waals surface area contributed by atoms with E-state index in [4.69, 9.17) is 4.84 Å². The number of nitro benzene ring substituents is 1. The summed E-state index contributed by atoms with van der Waals surface area (Å²) in [6, 6.07) is 4.75. The third kappa shape index (κ3) is 2.14. The maximum atomic E-state index is 10.7. The van der Waals surface area contributed by atoms with Gasteiger partial charge in [-0.2, -0.15) is 0 Å². The lowest BCUT2D eigenvalue weighted by atomic mass is 10.3. The summed E-state index contributed by atoms with van der Waals surface area (Å²) in [7, 11) is 1.85. The zero-order valence-corrected chi connectivity index (χ0v) is 10.2. The van der Waals surface area contributed by atoms with Gasteiger partial charge < -0.3 is 9.40 Å². The number of aryl methyl sites for hydroxylation is 1. The number of hydrogen-bond acceptors (Lipinski definition) is 5. The topological polar surface area (TPSA) is 69.7 Å². The SMILES string of the molecule is CCON=c1sc2cc([N+](=O)[O-])ccc2n1C. The molecule has 0 fully saturated rings. The van der Waals surface area contributed by atoms with Gasteiger partial charge >= 0.3 is 0 Å². The lowest BCUT2D eigenvalue weighted by Gasteiger charge is -1.95. The van der Waals surface area contributed by atoms with Gasteiger partial charge in [-0.05, 0) is 13.0 Å². The Hall–Kier alpha value is -1.89. The highest BCUT2D eigenvalue weighted by Gasteiger charge is 2.09. The molecule has 2 aromatic rings. The van der Waals surface area contributed by atoms with Crippen molar-refractivity contribution in [1.82, 2.24) is 4.57 Å². The molecule has 0 bridgehead atoms. The Labute approximate surface area is 101 Å². The zero-order valence-electron chi connectivity index (χ0n) is 9.41. The number of non-ortho nitro benzene ring substituents is 1. The van der Waals surface area contributed by atoms with E-state index in [0.717, 1.165) is 10.2 Å². The van der Waals surface area contributed by atoms with E-state index in [2.05, 4.69) is 5.16 Å². The lowest BCUT2D eigenvalue weighted by Crippen LogP contribution is -2.10. The van der Waals surface area contributed by atoms with Crippen molar-refractivity contribution >= 4 is 27.2 Å². The van der Waals surface area contributed by atoms with E-state index in [0.29, 0.717) is 11.4 Å². The van der Waals surface area contributed by atoms with E-state index in [-0.39, 0.29) is 5.69 Å². The lowest BCUT2D eigenvalue weighted by molar-refractivity contribution is -0.384. The number of hydrogen-bond donors (Lipinski definition) is 0. The molecule has 0 spiro atoms. The van der Waals surface area contributed by atoms with Gasteiger partial charge in [0, 0.05) is 19.2 Å². The normalized spacial score (nSPS) is 12.0. The molecule has 0 aliphatic carbocycles. The van der Waals surface area contributed by atoms with Crippen molar-refractivity contribution in [2.45, 2.75) is 6.92 Å². The maximum absolute atomic E-state index is 10.7. The van der Waals surface area contributed by atoms with Crippen LogP contribution in [0, 0.1) is 10.1 Å². The molecule has 0 unspecified atom stereocenters. The standard InChI is InChI=1S/C10H11N3O3S/c1-3-16-11-10-12(2)8-5-4-7(13(14)15)6-9(8)17-10/h4-6H,3H2,1-2H3. The van der Waals surface area contributed by atoms with E-state index in [9.17, 15) is 10.1 Å². The molecule has 0 saturated carbocycles. The van der Waals surface area contributed by atoms with Crippen molar-refractivity contribution in [1.29, 1.82) is 0 Å². The van der Waals surface area contributed by atoms with E-state index < -0.39 is 4.92 Å². The fraction of sp³-hybridized carbons (Fsp3) is 0.300. The third-order valence-electron chi connectivity index (χ3n) is 2.28. The Balaban J connectivity index is 2.61. The Morgan fingerprint density at radius 2 is 2.35 bits per heavy atom. The molecule has 17 heavy (non-hydrogen) atoms. The Morgan fingerprint density at radius 3 is 3.00 bits per heavy atom.